The summed E-state index contributed by atoms with van der Waals surface area (Å²) in [5.41, 5.74) is 0. The first-order chi connectivity index (χ1) is 9.03. The maximum Gasteiger partial charge on any atom is 0.492 e. The molecule has 0 aromatic heterocycles. The second-order valence-corrected chi connectivity index (χ2v) is 4.86. The Labute approximate surface area is 109 Å². The molecule has 0 aromatic carbocycles. The van der Waals surface area contributed by atoms with Gasteiger partial charge in [0.15, 0.2) is 5.03 Å². The van der Waals surface area contributed by atoms with E-state index in [0.29, 0.717) is 6.54 Å². The van der Waals surface area contributed by atoms with E-state index in [1.54, 1.807) is 13.8 Å². The second-order valence-electron chi connectivity index (χ2n) is 3.14. The third-order valence-electron chi connectivity index (χ3n) is 1.85. The largest absolute Gasteiger partial charge is 0.492 e. The molecule has 12 heteroatoms. The zero-order valence-corrected chi connectivity index (χ0v) is 11.4. The third kappa shape index (κ3) is 4.40. The predicted molar refractivity (Wildman–Crippen MR) is 62.2 cm³/mol. The topological polar surface area (TPSA) is 125 Å². The first-order valence-corrected chi connectivity index (χ1v) is 7.00. The Morgan fingerprint density at radius 3 is 2.47 bits per heavy atom. The molecule has 0 atom stereocenters. The quantitative estimate of drug-likeness (QED) is 0.295. The minimum Gasteiger partial charge on any atom is -0.349 e. The fraction of sp³-hybridized carbons (Fsp3) is 0.857. The van der Waals surface area contributed by atoms with Crippen molar-refractivity contribution in [3.05, 3.63) is 10.1 Å². The number of guanidine groups is 1. The van der Waals surface area contributed by atoms with Crippen molar-refractivity contribution in [2.45, 2.75) is 13.8 Å². The normalized spacial score (nSPS) is 17.8. The van der Waals surface area contributed by atoms with Crippen molar-refractivity contribution in [1.82, 2.24) is 9.99 Å². The van der Waals surface area contributed by atoms with Crippen LogP contribution in [0, 0.1) is 10.1 Å². The number of nitrogens with one attached hydrogen (secondary N) is 1. The minimum atomic E-state index is -4.02. The van der Waals surface area contributed by atoms with Crippen molar-refractivity contribution in [3.63, 3.8) is 0 Å². The van der Waals surface area contributed by atoms with E-state index in [9.17, 15) is 14.7 Å². The van der Waals surface area contributed by atoms with Crippen LogP contribution in [0.5, 0.6) is 0 Å². The molecule has 1 saturated heterocycles. The van der Waals surface area contributed by atoms with Crippen LogP contribution in [0.3, 0.4) is 0 Å². The first kappa shape index (κ1) is 15.8. The minimum absolute atomic E-state index is 0.114. The van der Waals surface area contributed by atoms with E-state index >= 15 is 0 Å². The summed E-state index contributed by atoms with van der Waals surface area (Å²) in [7, 11) is -4.02. The van der Waals surface area contributed by atoms with Gasteiger partial charge in [0.1, 0.15) is 5.10 Å². The summed E-state index contributed by atoms with van der Waals surface area (Å²) in [6, 6.07) is 0. The van der Waals surface area contributed by atoms with Gasteiger partial charge in [-0.05, 0) is 13.8 Å². The number of hydrogen-bond acceptors (Lipinski definition) is 7. The molecule has 0 saturated carbocycles. The van der Waals surface area contributed by atoms with Crippen LogP contribution in [0.1, 0.15) is 13.8 Å². The van der Waals surface area contributed by atoms with Gasteiger partial charge in [-0.2, -0.15) is 0 Å². The fourth-order valence-electron chi connectivity index (χ4n) is 1.21. The van der Waals surface area contributed by atoms with E-state index in [-0.39, 0.29) is 25.7 Å². The van der Waals surface area contributed by atoms with Crippen LogP contribution in [0.2, 0.25) is 0 Å². The summed E-state index contributed by atoms with van der Waals surface area (Å²) >= 11 is 0. The van der Waals surface area contributed by atoms with Crippen LogP contribution >= 0.6 is 7.75 Å². The van der Waals surface area contributed by atoms with Crippen molar-refractivity contribution >= 4 is 13.7 Å². The van der Waals surface area contributed by atoms with Gasteiger partial charge in [0.25, 0.3) is 5.96 Å². The lowest BCUT2D eigenvalue weighted by molar-refractivity contribution is -0.485. The van der Waals surface area contributed by atoms with E-state index in [1.807, 2.05) is 0 Å². The highest BCUT2D eigenvalue weighted by Gasteiger charge is 2.43. The highest BCUT2D eigenvalue weighted by molar-refractivity contribution is 7.51. The van der Waals surface area contributed by atoms with E-state index in [0.717, 1.165) is 4.67 Å². The number of nitrogens with zero attached hydrogens (tertiary/aromatic N) is 3. The van der Waals surface area contributed by atoms with Crippen LogP contribution in [-0.2, 0) is 23.7 Å². The Kier molecular flexibility index (Phi) is 6.12. The molecule has 1 aliphatic rings. The summed E-state index contributed by atoms with van der Waals surface area (Å²) in [5, 5.41) is 15.1. The van der Waals surface area contributed by atoms with E-state index in [4.69, 9.17) is 0 Å². The maximum absolute atomic E-state index is 12.4. The number of hydrazone groups is 1. The molecular weight excluding hydrogens is 283 g/mol. The van der Waals surface area contributed by atoms with Gasteiger partial charge in [-0.3, -0.25) is 0 Å². The Balaban J connectivity index is 2.89. The smallest absolute Gasteiger partial charge is 0.349 e. The average Bonchev–Trinajstić information content (AvgIpc) is 2.82. The van der Waals surface area contributed by atoms with Gasteiger partial charge in [0, 0.05) is 13.1 Å². The first-order valence-electron chi connectivity index (χ1n) is 5.50. The lowest BCUT2D eigenvalue weighted by atomic mass is 10.7. The summed E-state index contributed by atoms with van der Waals surface area (Å²) < 4.78 is 22.7. The molecule has 0 aliphatic carbocycles. The monoisotopic (exact) mass is 298 g/mol. The molecule has 0 unspecified atom stereocenters. The van der Waals surface area contributed by atoms with Crippen molar-refractivity contribution in [2.24, 2.45) is 5.10 Å². The van der Waals surface area contributed by atoms with Gasteiger partial charge in [-0.25, -0.2) is 29.1 Å². The molecule has 110 valence electrons. The van der Waals surface area contributed by atoms with Crippen LogP contribution in [0.15, 0.2) is 5.10 Å². The molecule has 19 heavy (non-hydrogen) atoms. The number of nitro groups is 1. The Morgan fingerprint density at radius 1 is 1.42 bits per heavy atom. The second kappa shape index (κ2) is 7.36. The van der Waals surface area contributed by atoms with Crippen LogP contribution in [-0.4, -0.2) is 42.0 Å². The van der Waals surface area contributed by atoms with Gasteiger partial charge in [0.2, 0.25) is 0 Å². The molecule has 1 aliphatic heterocycles. The molecule has 0 bridgehead atoms. The fourth-order valence-corrected chi connectivity index (χ4v) is 2.56. The molecule has 0 spiro atoms. The average molecular weight is 298 g/mol. The predicted octanol–water partition coefficient (Wildman–Crippen LogP) is 0.484. The molecule has 0 radical (unpaired) electrons. The van der Waals surface area contributed by atoms with Gasteiger partial charge >= 0.3 is 7.75 Å². The highest BCUT2D eigenvalue weighted by Crippen LogP contribution is 2.53. The molecule has 1 fully saturated rings. The van der Waals surface area contributed by atoms with Crippen LogP contribution in [0.25, 0.3) is 0 Å². The zero-order valence-electron chi connectivity index (χ0n) is 10.5. The van der Waals surface area contributed by atoms with Crippen LogP contribution in [0.4, 0.5) is 0 Å². The molecule has 11 nitrogen and oxygen atoms in total. The SMILES string of the molecule is CCOOP(=O)(OOCC)N1CCNC1=N[N+](=O)[O-]. The maximum atomic E-state index is 12.4. The van der Waals surface area contributed by atoms with E-state index < -0.39 is 12.8 Å². The van der Waals surface area contributed by atoms with Crippen molar-refractivity contribution in [3.8, 4) is 0 Å². The lowest BCUT2D eigenvalue weighted by Crippen LogP contribution is -2.30. The standard InChI is InChI=1S/C7H15N4O7P/c1-3-15-17-19(14,18-16-4-2)10-6-5-8-7(10)9-11(12)13/h3-6H2,1-2H3,(H,8,9). The molecule has 1 rings (SSSR count). The molecular formula is C7H15N4O7P. The van der Waals surface area contributed by atoms with E-state index in [2.05, 4.69) is 29.5 Å². The number of rotatable bonds is 8. The Morgan fingerprint density at radius 2 is 2.00 bits per heavy atom. The van der Waals surface area contributed by atoms with Crippen molar-refractivity contribution in [2.75, 3.05) is 26.3 Å². The molecule has 1 heterocycles. The Hall–Kier alpha value is -1.26. The summed E-state index contributed by atoms with van der Waals surface area (Å²) in [4.78, 5) is 19.6. The van der Waals surface area contributed by atoms with Gasteiger partial charge in [0.05, 0.1) is 13.2 Å². The lowest BCUT2D eigenvalue weighted by Gasteiger charge is -2.23. The summed E-state index contributed by atoms with van der Waals surface area (Å²) in [6.07, 6.45) is 0. The van der Waals surface area contributed by atoms with Gasteiger partial charge in [-0.1, -0.05) is 0 Å². The van der Waals surface area contributed by atoms with Gasteiger partial charge in [-0.15, -0.1) is 9.35 Å². The van der Waals surface area contributed by atoms with Crippen LogP contribution < -0.4 is 5.32 Å². The molecule has 1 N–H and O–H groups in total. The summed E-state index contributed by atoms with van der Waals surface area (Å²) in [5.74, 6) is -0.243. The summed E-state index contributed by atoms with van der Waals surface area (Å²) in [6.45, 7) is 3.87. The Bertz CT molecular complexity index is 378. The third-order valence-corrected chi connectivity index (χ3v) is 3.42. The molecule has 0 amide bonds. The highest BCUT2D eigenvalue weighted by atomic mass is 31.2. The molecule has 0 aromatic rings. The van der Waals surface area contributed by atoms with Gasteiger partial charge < -0.3 is 5.32 Å². The number of hydrogen-bond donors (Lipinski definition) is 1. The zero-order chi connectivity index (χ0) is 14.3. The van der Waals surface area contributed by atoms with E-state index in [1.165, 1.54) is 0 Å². The van der Waals surface area contributed by atoms with Crippen molar-refractivity contribution in [1.29, 1.82) is 0 Å². The van der Waals surface area contributed by atoms with Crippen molar-refractivity contribution < 1.29 is 28.7 Å².